The third kappa shape index (κ3) is 8.24. The van der Waals surface area contributed by atoms with E-state index in [4.69, 9.17) is 23.2 Å². The normalized spacial score (nSPS) is 14.4. The number of nitrogens with zero attached hydrogens (tertiary/aromatic N) is 2. The Labute approximate surface area is 252 Å². The molecule has 2 amide bonds. The number of hydrogen-bond acceptors (Lipinski definition) is 4. The summed E-state index contributed by atoms with van der Waals surface area (Å²) in [4.78, 5) is 29.5. The van der Waals surface area contributed by atoms with Gasteiger partial charge < -0.3 is 10.2 Å². The van der Waals surface area contributed by atoms with Crippen molar-refractivity contribution in [1.29, 1.82) is 0 Å². The predicted octanol–water partition coefficient (Wildman–Crippen LogP) is 5.77. The summed E-state index contributed by atoms with van der Waals surface area (Å²) in [5.74, 6) is -0.764. The average molecular weight is 617 g/mol. The lowest BCUT2D eigenvalue weighted by molar-refractivity contribution is -0.140. The standard InChI is InChI=1S/C31H35Cl2N3O4S/c1-22-27(33)13-8-14-28(22)36(41(2,39)40)21-30(37)35(20-24-15-17-25(32)18-16-24)29(19-23-9-4-3-5-10-23)31(38)34-26-11-6-7-12-26/h3-5,8-10,13-18,26,29H,6-7,11-12,19-21H2,1-2H3,(H,34,38)/t29-/m1/s1. The number of benzene rings is 3. The van der Waals surface area contributed by atoms with Crippen molar-refractivity contribution in [3.05, 3.63) is 99.5 Å². The van der Waals surface area contributed by atoms with E-state index < -0.39 is 28.5 Å². The van der Waals surface area contributed by atoms with Crippen molar-refractivity contribution in [2.24, 2.45) is 0 Å². The number of halogens is 2. The van der Waals surface area contributed by atoms with E-state index in [1.165, 1.54) is 4.90 Å². The topological polar surface area (TPSA) is 86.8 Å². The molecule has 3 aromatic carbocycles. The molecule has 0 aromatic heterocycles. The fraction of sp³-hybridized carbons (Fsp3) is 0.355. The maximum Gasteiger partial charge on any atom is 0.244 e. The minimum Gasteiger partial charge on any atom is -0.352 e. The molecule has 0 unspecified atom stereocenters. The second-order valence-corrected chi connectivity index (χ2v) is 13.2. The summed E-state index contributed by atoms with van der Waals surface area (Å²) in [6.07, 6.45) is 5.20. The van der Waals surface area contributed by atoms with Crippen LogP contribution < -0.4 is 9.62 Å². The zero-order valence-electron chi connectivity index (χ0n) is 23.2. The van der Waals surface area contributed by atoms with Crippen LogP contribution in [0.15, 0.2) is 72.8 Å². The van der Waals surface area contributed by atoms with E-state index >= 15 is 0 Å². The third-order valence-corrected chi connectivity index (χ3v) is 9.21. The first kappa shape index (κ1) is 30.9. The zero-order valence-corrected chi connectivity index (χ0v) is 25.6. The molecule has 1 aliphatic rings. The van der Waals surface area contributed by atoms with Gasteiger partial charge in [-0.15, -0.1) is 0 Å². The van der Waals surface area contributed by atoms with Gasteiger partial charge in [0.05, 0.1) is 11.9 Å². The second-order valence-electron chi connectivity index (χ2n) is 10.5. The van der Waals surface area contributed by atoms with Crippen molar-refractivity contribution in [3.63, 3.8) is 0 Å². The summed E-state index contributed by atoms with van der Waals surface area (Å²) in [6.45, 7) is 1.31. The number of nitrogens with one attached hydrogen (secondary N) is 1. The molecule has 218 valence electrons. The van der Waals surface area contributed by atoms with Crippen molar-refractivity contribution in [2.45, 2.75) is 57.7 Å². The van der Waals surface area contributed by atoms with Crippen LogP contribution in [-0.2, 0) is 32.6 Å². The van der Waals surface area contributed by atoms with Gasteiger partial charge in [0, 0.05) is 29.1 Å². The van der Waals surface area contributed by atoms with E-state index in [0.717, 1.165) is 47.4 Å². The first-order valence-electron chi connectivity index (χ1n) is 13.6. The molecule has 0 heterocycles. The number of carbonyl (C=O) groups excluding carboxylic acids is 2. The number of anilines is 1. The lowest BCUT2D eigenvalue weighted by atomic mass is 10.0. The molecule has 4 rings (SSSR count). The van der Waals surface area contributed by atoms with Gasteiger partial charge in [0.25, 0.3) is 0 Å². The first-order valence-corrected chi connectivity index (χ1v) is 16.2. The van der Waals surface area contributed by atoms with E-state index in [-0.39, 0.29) is 24.9 Å². The summed E-state index contributed by atoms with van der Waals surface area (Å²) in [5, 5.41) is 4.09. The highest BCUT2D eigenvalue weighted by Crippen LogP contribution is 2.29. The minimum absolute atomic E-state index is 0.0508. The Morgan fingerprint density at radius 3 is 2.22 bits per heavy atom. The van der Waals surface area contributed by atoms with Crippen molar-refractivity contribution in [1.82, 2.24) is 10.2 Å². The van der Waals surface area contributed by atoms with Gasteiger partial charge in [0.2, 0.25) is 21.8 Å². The van der Waals surface area contributed by atoms with Crippen LogP contribution in [0.2, 0.25) is 10.0 Å². The number of amides is 2. The summed E-state index contributed by atoms with van der Waals surface area (Å²) in [7, 11) is -3.88. The molecule has 1 aliphatic carbocycles. The summed E-state index contributed by atoms with van der Waals surface area (Å²) < 4.78 is 27.0. The van der Waals surface area contributed by atoms with E-state index in [1.54, 1.807) is 49.4 Å². The van der Waals surface area contributed by atoms with Crippen LogP contribution in [0.5, 0.6) is 0 Å². The average Bonchev–Trinajstić information content (AvgIpc) is 3.45. The number of carbonyl (C=O) groups is 2. The Balaban J connectivity index is 1.74. The smallest absolute Gasteiger partial charge is 0.244 e. The Bertz CT molecular complexity index is 1460. The van der Waals surface area contributed by atoms with E-state index in [2.05, 4.69) is 5.32 Å². The van der Waals surface area contributed by atoms with Crippen molar-refractivity contribution < 1.29 is 18.0 Å². The third-order valence-electron chi connectivity index (χ3n) is 7.43. The molecule has 0 bridgehead atoms. The molecule has 1 atom stereocenters. The Kier molecular flexibility index (Phi) is 10.3. The molecule has 0 radical (unpaired) electrons. The fourth-order valence-electron chi connectivity index (χ4n) is 5.17. The van der Waals surface area contributed by atoms with Gasteiger partial charge in [0.1, 0.15) is 12.6 Å². The maximum absolute atomic E-state index is 14.2. The lowest BCUT2D eigenvalue weighted by Gasteiger charge is -2.34. The molecule has 1 saturated carbocycles. The molecule has 1 N–H and O–H groups in total. The zero-order chi connectivity index (χ0) is 29.6. The van der Waals surface area contributed by atoms with Gasteiger partial charge in [0.15, 0.2) is 0 Å². The van der Waals surface area contributed by atoms with Gasteiger partial charge in [-0.3, -0.25) is 13.9 Å². The highest BCUT2D eigenvalue weighted by molar-refractivity contribution is 7.92. The van der Waals surface area contributed by atoms with Crippen LogP contribution >= 0.6 is 23.2 Å². The number of rotatable bonds is 11. The molecule has 3 aromatic rings. The van der Waals surface area contributed by atoms with Gasteiger partial charge in [-0.25, -0.2) is 8.42 Å². The molecular formula is C31H35Cl2N3O4S. The molecule has 41 heavy (non-hydrogen) atoms. The minimum atomic E-state index is -3.88. The van der Waals surface area contributed by atoms with Gasteiger partial charge in [-0.05, 0) is 60.7 Å². The van der Waals surface area contributed by atoms with Crippen molar-refractivity contribution in [2.75, 3.05) is 17.1 Å². The Hall–Kier alpha value is -3.07. The molecule has 0 spiro atoms. The monoisotopic (exact) mass is 615 g/mol. The highest BCUT2D eigenvalue weighted by Gasteiger charge is 2.34. The Morgan fingerprint density at radius 1 is 0.927 bits per heavy atom. The van der Waals surface area contributed by atoms with Gasteiger partial charge in [-0.1, -0.05) is 84.6 Å². The van der Waals surface area contributed by atoms with E-state index in [0.29, 0.717) is 21.3 Å². The van der Waals surface area contributed by atoms with Crippen molar-refractivity contribution >= 4 is 50.7 Å². The molecule has 7 nitrogen and oxygen atoms in total. The van der Waals surface area contributed by atoms with Crippen LogP contribution in [0.4, 0.5) is 5.69 Å². The maximum atomic E-state index is 14.2. The number of sulfonamides is 1. The summed E-state index contributed by atoms with van der Waals surface area (Å²) >= 11 is 12.4. The SMILES string of the molecule is Cc1c(Cl)cccc1N(CC(=O)N(Cc1ccc(Cl)cc1)[C@H](Cc1ccccc1)C(=O)NC1CCCC1)S(C)(=O)=O. The lowest BCUT2D eigenvalue weighted by Crippen LogP contribution is -2.54. The highest BCUT2D eigenvalue weighted by atomic mass is 35.5. The molecule has 0 saturated heterocycles. The van der Waals surface area contributed by atoms with E-state index in [9.17, 15) is 18.0 Å². The largest absolute Gasteiger partial charge is 0.352 e. The van der Waals surface area contributed by atoms with Crippen molar-refractivity contribution in [3.8, 4) is 0 Å². The molecule has 10 heteroatoms. The molecule has 0 aliphatic heterocycles. The molecular weight excluding hydrogens is 581 g/mol. The Morgan fingerprint density at radius 2 is 1.59 bits per heavy atom. The number of hydrogen-bond donors (Lipinski definition) is 1. The summed E-state index contributed by atoms with van der Waals surface area (Å²) in [6, 6.07) is 20.7. The first-order chi connectivity index (χ1) is 19.5. The van der Waals surface area contributed by atoms with Crippen LogP contribution in [0, 0.1) is 6.92 Å². The fourth-order valence-corrected chi connectivity index (χ4v) is 6.36. The van der Waals surface area contributed by atoms with Gasteiger partial charge >= 0.3 is 0 Å². The summed E-state index contributed by atoms with van der Waals surface area (Å²) in [5.41, 5.74) is 2.50. The van der Waals surface area contributed by atoms with Crippen LogP contribution in [0.1, 0.15) is 42.4 Å². The van der Waals surface area contributed by atoms with Crippen LogP contribution in [0.25, 0.3) is 0 Å². The van der Waals surface area contributed by atoms with Crippen LogP contribution in [-0.4, -0.2) is 50.0 Å². The van der Waals surface area contributed by atoms with Gasteiger partial charge in [-0.2, -0.15) is 0 Å². The molecule has 1 fully saturated rings. The predicted molar refractivity (Wildman–Crippen MR) is 165 cm³/mol. The second kappa shape index (κ2) is 13.7. The van der Waals surface area contributed by atoms with E-state index in [1.807, 2.05) is 30.3 Å². The quantitative estimate of drug-likeness (QED) is 0.297. The van der Waals surface area contributed by atoms with Crippen LogP contribution in [0.3, 0.4) is 0 Å².